The monoisotopic (exact) mass is 735 g/mol. The Hall–Kier alpha value is -4.35. The van der Waals surface area contributed by atoms with Gasteiger partial charge in [-0.3, -0.25) is 19.3 Å². The molecule has 0 aromatic heterocycles. The zero-order valence-corrected chi connectivity index (χ0v) is 31.6. The van der Waals surface area contributed by atoms with E-state index in [0.29, 0.717) is 31.1 Å². The molecule has 2 aliphatic heterocycles. The van der Waals surface area contributed by atoms with Crippen molar-refractivity contribution in [3.63, 3.8) is 0 Å². The second kappa shape index (κ2) is 14.5. The zero-order chi connectivity index (χ0) is 37.5. The first kappa shape index (κ1) is 37.0. The SMILES string of the molecule is CC(C)(C)[Si](OC[C@H]1C[C@@H]2C(=O)N(CCCCCC(=O)O)C(=O)[C@@H]2[C@@H]2C[C@@H](c3ccc(O)c4ccccc34)O[C@]12O)(c1ccccc1)c1ccccc1. The number of aliphatic hydroxyl groups is 1. The summed E-state index contributed by atoms with van der Waals surface area (Å²) >= 11 is 0. The molecule has 10 heteroatoms. The number of ether oxygens (including phenoxy) is 1. The van der Waals surface area contributed by atoms with Crippen LogP contribution in [0, 0.1) is 23.7 Å². The van der Waals surface area contributed by atoms with Gasteiger partial charge in [0.2, 0.25) is 11.8 Å². The molecule has 6 atom stereocenters. The lowest BCUT2D eigenvalue weighted by atomic mass is 9.64. The largest absolute Gasteiger partial charge is 0.507 e. The van der Waals surface area contributed by atoms with Crippen molar-refractivity contribution in [2.75, 3.05) is 13.2 Å². The first-order chi connectivity index (χ1) is 25.4. The molecular formula is C43H49NO8Si. The van der Waals surface area contributed by atoms with Crippen LogP contribution in [0.1, 0.15) is 71.0 Å². The van der Waals surface area contributed by atoms with E-state index in [1.807, 2.05) is 66.7 Å². The van der Waals surface area contributed by atoms with Crippen molar-refractivity contribution < 1.29 is 38.9 Å². The number of phenols is 1. The highest BCUT2D eigenvalue weighted by molar-refractivity contribution is 6.99. The number of carboxylic acids is 1. The molecule has 2 heterocycles. The van der Waals surface area contributed by atoms with E-state index in [1.165, 1.54) is 4.90 Å². The van der Waals surface area contributed by atoms with Crippen LogP contribution < -0.4 is 10.4 Å². The molecule has 0 radical (unpaired) electrons. The molecule has 0 spiro atoms. The fraction of sp³-hybridized carbons (Fsp3) is 0.419. The Morgan fingerprint density at radius 3 is 2.09 bits per heavy atom. The molecule has 7 rings (SSSR count). The number of aliphatic carboxylic acids is 1. The van der Waals surface area contributed by atoms with Crippen LogP contribution in [0.3, 0.4) is 0 Å². The van der Waals surface area contributed by atoms with Crippen molar-refractivity contribution in [3.8, 4) is 5.75 Å². The number of hydrogen-bond acceptors (Lipinski definition) is 7. The van der Waals surface area contributed by atoms with E-state index in [-0.39, 0.29) is 48.6 Å². The first-order valence-corrected chi connectivity index (χ1v) is 20.7. The van der Waals surface area contributed by atoms with Crippen LogP contribution in [0.2, 0.25) is 5.04 Å². The minimum Gasteiger partial charge on any atom is -0.507 e. The number of carbonyl (C=O) groups is 3. The minimum absolute atomic E-state index is 0.0416. The molecule has 1 saturated carbocycles. The number of amides is 2. The molecule has 0 unspecified atom stereocenters. The van der Waals surface area contributed by atoms with E-state index in [1.54, 1.807) is 6.07 Å². The third-order valence-electron chi connectivity index (χ3n) is 11.9. The molecular weight excluding hydrogens is 687 g/mol. The van der Waals surface area contributed by atoms with Gasteiger partial charge >= 0.3 is 5.97 Å². The van der Waals surface area contributed by atoms with E-state index in [9.17, 15) is 24.6 Å². The van der Waals surface area contributed by atoms with Crippen LogP contribution >= 0.6 is 0 Å². The van der Waals surface area contributed by atoms with Crippen LogP contribution in [0.4, 0.5) is 0 Å². The van der Waals surface area contributed by atoms with Crippen molar-refractivity contribution in [3.05, 3.63) is 103 Å². The number of aromatic hydroxyl groups is 1. The number of nitrogens with zero attached hydrogens (tertiary/aromatic N) is 1. The molecule has 4 aromatic carbocycles. The van der Waals surface area contributed by atoms with Crippen molar-refractivity contribution in [2.45, 2.75) is 76.2 Å². The zero-order valence-electron chi connectivity index (χ0n) is 30.6. The molecule has 3 fully saturated rings. The van der Waals surface area contributed by atoms with Crippen molar-refractivity contribution in [2.24, 2.45) is 23.7 Å². The Morgan fingerprint density at radius 1 is 0.849 bits per heavy atom. The lowest BCUT2D eigenvalue weighted by molar-refractivity contribution is -0.273. The maximum atomic E-state index is 14.2. The Bertz CT molecular complexity index is 1940. The molecule has 278 valence electrons. The van der Waals surface area contributed by atoms with E-state index in [4.69, 9.17) is 14.3 Å². The standard InChI is InChI=1S/C43H49NO8Si/c1-42(2,3)53(29-15-7-4-8-16-29,30-17-9-5-10-18-30)51-27-28-25-34-39(41(49)44(40(34)48)24-14-6-11-21-38(46)47)35-26-37(52-43(28,35)50)33-22-23-36(45)32-20-13-12-19-31(32)33/h4-5,7-10,12-13,15-20,22-23,28,34-35,37,39,45,50H,6,11,14,21,24-27H2,1-3H3,(H,46,47)/t28-,34+,35+,37+,39+,43-/m1/s1. The number of rotatable bonds is 12. The fourth-order valence-corrected chi connectivity index (χ4v) is 14.1. The molecule has 3 aliphatic rings. The van der Waals surface area contributed by atoms with Crippen LogP contribution in [0.5, 0.6) is 5.75 Å². The van der Waals surface area contributed by atoms with Gasteiger partial charge in [0.15, 0.2) is 5.79 Å². The van der Waals surface area contributed by atoms with Crippen molar-refractivity contribution in [1.82, 2.24) is 4.90 Å². The summed E-state index contributed by atoms with van der Waals surface area (Å²) in [6.45, 7) is 6.91. The van der Waals surface area contributed by atoms with Crippen molar-refractivity contribution in [1.29, 1.82) is 0 Å². The fourth-order valence-electron chi connectivity index (χ4n) is 9.45. The number of phenolic OH excluding ortho intramolecular Hbond substituents is 1. The minimum atomic E-state index is -3.04. The number of likely N-dealkylation sites (tertiary alicyclic amines) is 1. The summed E-state index contributed by atoms with van der Waals surface area (Å²) in [5.41, 5.74) is 0.802. The van der Waals surface area contributed by atoms with Gasteiger partial charge < -0.3 is 24.5 Å². The molecule has 53 heavy (non-hydrogen) atoms. The number of hydrogen-bond donors (Lipinski definition) is 3. The van der Waals surface area contributed by atoms with Gasteiger partial charge in [0.05, 0.1) is 17.9 Å². The lowest BCUT2D eigenvalue weighted by Crippen LogP contribution is -2.67. The summed E-state index contributed by atoms with van der Waals surface area (Å²) in [6.07, 6.45) is 1.54. The molecule has 4 aromatic rings. The van der Waals surface area contributed by atoms with Gasteiger partial charge in [-0.1, -0.05) is 118 Å². The molecule has 0 bridgehead atoms. The van der Waals surface area contributed by atoms with Crippen LogP contribution in [-0.4, -0.2) is 65.3 Å². The molecule has 1 aliphatic carbocycles. The number of benzene rings is 4. The van der Waals surface area contributed by atoms with Gasteiger partial charge in [0.1, 0.15) is 5.75 Å². The van der Waals surface area contributed by atoms with Gasteiger partial charge in [-0.25, -0.2) is 0 Å². The Labute approximate surface area is 311 Å². The summed E-state index contributed by atoms with van der Waals surface area (Å²) in [6, 6.07) is 31.5. The second-order valence-electron chi connectivity index (χ2n) is 16.0. The highest BCUT2D eigenvalue weighted by atomic mass is 28.4. The van der Waals surface area contributed by atoms with Crippen LogP contribution in [0.25, 0.3) is 10.8 Å². The lowest BCUT2D eigenvalue weighted by Gasteiger charge is -2.48. The van der Waals surface area contributed by atoms with Gasteiger partial charge in [0.25, 0.3) is 8.32 Å². The number of carboxylic acid groups (broad SMARTS) is 1. The third-order valence-corrected chi connectivity index (χ3v) is 16.9. The van der Waals surface area contributed by atoms with E-state index >= 15 is 0 Å². The summed E-state index contributed by atoms with van der Waals surface area (Å²) in [7, 11) is -3.04. The van der Waals surface area contributed by atoms with E-state index < -0.39 is 49.8 Å². The Kier molecular flexibility index (Phi) is 10.1. The average Bonchev–Trinajstić information content (AvgIpc) is 3.61. The number of carbonyl (C=O) groups excluding carboxylic acids is 2. The maximum absolute atomic E-state index is 14.2. The summed E-state index contributed by atoms with van der Waals surface area (Å²) < 4.78 is 14.2. The van der Waals surface area contributed by atoms with Gasteiger partial charge in [0, 0.05) is 36.8 Å². The average molecular weight is 736 g/mol. The number of unbranched alkanes of at least 4 members (excludes halogenated alkanes) is 2. The van der Waals surface area contributed by atoms with Gasteiger partial charge in [-0.05, 0) is 58.1 Å². The Morgan fingerprint density at radius 2 is 1.47 bits per heavy atom. The second-order valence-corrected chi connectivity index (χ2v) is 20.3. The molecule has 2 amide bonds. The highest BCUT2D eigenvalue weighted by Crippen LogP contribution is 2.59. The maximum Gasteiger partial charge on any atom is 0.303 e. The summed E-state index contributed by atoms with van der Waals surface area (Å²) in [5.74, 6) is -5.75. The highest BCUT2D eigenvalue weighted by Gasteiger charge is 2.67. The summed E-state index contributed by atoms with van der Waals surface area (Å²) in [4.78, 5) is 40.7. The normalized spacial score (nSPS) is 25.8. The first-order valence-electron chi connectivity index (χ1n) is 18.8. The number of imide groups is 1. The third kappa shape index (κ3) is 6.49. The number of fused-ring (bicyclic) bond motifs is 4. The molecule has 9 nitrogen and oxygen atoms in total. The van der Waals surface area contributed by atoms with Crippen molar-refractivity contribution >= 4 is 47.2 Å². The quantitative estimate of drug-likeness (QED) is 0.0897. The van der Waals surface area contributed by atoms with E-state index in [0.717, 1.165) is 21.3 Å². The molecule has 3 N–H and O–H groups in total. The van der Waals surface area contributed by atoms with Crippen LogP contribution in [0.15, 0.2) is 97.1 Å². The smallest absolute Gasteiger partial charge is 0.303 e. The van der Waals surface area contributed by atoms with Crippen LogP contribution in [-0.2, 0) is 23.5 Å². The molecule has 2 saturated heterocycles. The van der Waals surface area contributed by atoms with Gasteiger partial charge in [-0.15, -0.1) is 0 Å². The predicted octanol–water partition coefficient (Wildman–Crippen LogP) is 6.15. The summed E-state index contributed by atoms with van der Waals surface area (Å²) in [5, 5.41) is 36.0. The van der Waals surface area contributed by atoms with Gasteiger partial charge in [-0.2, -0.15) is 0 Å². The van der Waals surface area contributed by atoms with E-state index in [2.05, 4.69) is 45.0 Å². The Balaban J connectivity index is 1.26. The predicted molar refractivity (Wildman–Crippen MR) is 204 cm³/mol. The topological polar surface area (TPSA) is 134 Å².